The van der Waals surface area contributed by atoms with Crippen LogP contribution in [0.5, 0.6) is 0 Å². The average molecular weight is 300 g/mol. The van der Waals surface area contributed by atoms with Gasteiger partial charge in [0, 0.05) is 23.7 Å². The van der Waals surface area contributed by atoms with E-state index in [9.17, 15) is 4.39 Å². The minimum absolute atomic E-state index is 0.176. The molecule has 0 radical (unpaired) electrons. The Balaban J connectivity index is 1.78. The summed E-state index contributed by atoms with van der Waals surface area (Å²) in [4.78, 5) is 4.41. The SMILES string of the molecule is Fc1ccc(-c2cnn3c2NCCC3c2nccs2)cc1. The third-order valence-corrected chi connectivity index (χ3v) is 4.57. The van der Waals surface area contributed by atoms with Crippen molar-refractivity contribution in [1.82, 2.24) is 14.8 Å². The van der Waals surface area contributed by atoms with Gasteiger partial charge in [-0.2, -0.15) is 5.10 Å². The van der Waals surface area contributed by atoms with Gasteiger partial charge in [-0.05, 0) is 24.1 Å². The summed E-state index contributed by atoms with van der Waals surface area (Å²) in [6.45, 7) is 0.879. The number of nitrogens with zero attached hydrogens (tertiary/aromatic N) is 3. The van der Waals surface area contributed by atoms with Crippen LogP contribution < -0.4 is 5.32 Å². The normalized spacial score (nSPS) is 17.3. The highest BCUT2D eigenvalue weighted by atomic mass is 32.1. The Hall–Kier alpha value is -2.21. The van der Waals surface area contributed by atoms with Gasteiger partial charge in [-0.3, -0.25) is 0 Å². The lowest BCUT2D eigenvalue weighted by Gasteiger charge is -2.25. The molecule has 3 aromatic rings. The lowest BCUT2D eigenvalue weighted by Crippen LogP contribution is -2.24. The van der Waals surface area contributed by atoms with Crippen LogP contribution in [-0.2, 0) is 0 Å². The number of aromatic nitrogens is 3. The molecule has 0 spiro atoms. The molecule has 1 aliphatic rings. The Bertz CT molecular complexity index is 749. The molecule has 21 heavy (non-hydrogen) atoms. The van der Waals surface area contributed by atoms with E-state index in [1.54, 1.807) is 23.5 Å². The maximum Gasteiger partial charge on any atom is 0.133 e. The van der Waals surface area contributed by atoms with Gasteiger partial charge in [0.25, 0.3) is 0 Å². The zero-order valence-corrected chi connectivity index (χ0v) is 12.0. The molecule has 0 aliphatic carbocycles. The quantitative estimate of drug-likeness (QED) is 0.787. The van der Waals surface area contributed by atoms with Gasteiger partial charge in [-0.25, -0.2) is 14.1 Å². The van der Waals surface area contributed by atoms with Crippen LogP contribution in [-0.4, -0.2) is 21.3 Å². The molecule has 4 rings (SSSR count). The van der Waals surface area contributed by atoms with E-state index >= 15 is 0 Å². The molecule has 1 aliphatic heterocycles. The first kappa shape index (κ1) is 12.5. The number of hydrogen-bond donors (Lipinski definition) is 1. The highest BCUT2D eigenvalue weighted by Crippen LogP contribution is 2.36. The van der Waals surface area contributed by atoms with Gasteiger partial charge >= 0.3 is 0 Å². The Morgan fingerprint density at radius 3 is 2.90 bits per heavy atom. The van der Waals surface area contributed by atoms with Crippen molar-refractivity contribution in [3.63, 3.8) is 0 Å². The molecule has 1 aromatic carbocycles. The van der Waals surface area contributed by atoms with Gasteiger partial charge in [0.2, 0.25) is 0 Å². The summed E-state index contributed by atoms with van der Waals surface area (Å²) < 4.78 is 15.1. The number of rotatable bonds is 2. The summed E-state index contributed by atoms with van der Waals surface area (Å²) in [6.07, 6.45) is 4.62. The summed E-state index contributed by atoms with van der Waals surface area (Å²) in [5.74, 6) is 0.751. The monoisotopic (exact) mass is 300 g/mol. The van der Waals surface area contributed by atoms with Crippen LogP contribution >= 0.6 is 11.3 Å². The molecule has 4 nitrogen and oxygen atoms in total. The second kappa shape index (κ2) is 4.96. The van der Waals surface area contributed by atoms with Gasteiger partial charge in [-0.1, -0.05) is 12.1 Å². The topological polar surface area (TPSA) is 42.7 Å². The first-order valence-electron chi connectivity index (χ1n) is 6.79. The third kappa shape index (κ3) is 2.12. The third-order valence-electron chi connectivity index (χ3n) is 3.69. The van der Waals surface area contributed by atoms with Crippen LogP contribution in [0.4, 0.5) is 10.2 Å². The van der Waals surface area contributed by atoms with Crippen molar-refractivity contribution in [2.75, 3.05) is 11.9 Å². The molecule has 0 saturated heterocycles. The number of anilines is 1. The van der Waals surface area contributed by atoms with Gasteiger partial charge in [0.15, 0.2) is 0 Å². The standard InChI is InChI=1S/C15H13FN4S/c16-11-3-1-10(2-4-11)12-9-19-20-13(5-6-17-14(12)20)15-18-7-8-21-15/h1-4,7-9,13,17H,5-6H2. The van der Waals surface area contributed by atoms with Gasteiger partial charge in [0.1, 0.15) is 22.7 Å². The summed E-state index contributed by atoms with van der Waals surface area (Å²) in [5.41, 5.74) is 1.96. The van der Waals surface area contributed by atoms with E-state index in [4.69, 9.17) is 0 Å². The van der Waals surface area contributed by atoms with E-state index in [0.717, 1.165) is 34.9 Å². The number of fused-ring (bicyclic) bond motifs is 1. The summed E-state index contributed by atoms with van der Waals surface area (Å²) in [7, 11) is 0. The number of nitrogens with one attached hydrogen (secondary N) is 1. The molecule has 1 unspecified atom stereocenters. The molecule has 1 atom stereocenters. The second-order valence-corrected chi connectivity index (χ2v) is 5.89. The van der Waals surface area contributed by atoms with E-state index in [1.807, 2.05) is 22.5 Å². The predicted octanol–water partition coefficient (Wildman–Crippen LogP) is 3.55. The highest BCUT2D eigenvalue weighted by Gasteiger charge is 2.26. The molecular weight excluding hydrogens is 287 g/mol. The zero-order valence-electron chi connectivity index (χ0n) is 11.2. The molecule has 3 heterocycles. The number of thiazole rings is 1. The summed E-state index contributed by atoms with van der Waals surface area (Å²) in [6, 6.07) is 6.68. The van der Waals surface area contributed by atoms with Crippen molar-refractivity contribution in [3.05, 3.63) is 52.9 Å². The van der Waals surface area contributed by atoms with Crippen molar-refractivity contribution in [2.24, 2.45) is 0 Å². The minimum Gasteiger partial charge on any atom is -0.370 e. The molecule has 2 aromatic heterocycles. The van der Waals surface area contributed by atoms with E-state index in [0.29, 0.717) is 0 Å². The number of benzene rings is 1. The van der Waals surface area contributed by atoms with Crippen LogP contribution in [0.1, 0.15) is 17.5 Å². The molecule has 1 N–H and O–H groups in total. The molecule has 0 fully saturated rings. The van der Waals surface area contributed by atoms with E-state index in [2.05, 4.69) is 15.4 Å². The minimum atomic E-state index is -0.228. The molecule has 0 bridgehead atoms. The molecule has 0 amide bonds. The maximum atomic E-state index is 13.1. The fourth-order valence-electron chi connectivity index (χ4n) is 2.69. The predicted molar refractivity (Wildman–Crippen MR) is 81.0 cm³/mol. The van der Waals surface area contributed by atoms with Crippen molar-refractivity contribution in [3.8, 4) is 11.1 Å². The van der Waals surface area contributed by atoms with E-state index in [-0.39, 0.29) is 11.9 Å². The average Bonchev–Trinajstić information content (AvgIpc) is 3.17. The Labute approximate surface area is 125 Å². The second-order valence-electron chi connectivity index (χ2n) is 4.96. The molecule has 6 heteroatoms. The number of halogens is 1. The maximum absolute atomic E-state index is 13.1. The van der Waals surface area contributed by atoms with Crippen LogP contribution in [0.25, 0.3) is 11.1 Å². The Morgan fingerprint density at radius 2 is 2.14 bits per heavy atom. The lowest BCUT2D eigenvalue weighted by atomic mass is 10.1. The summed E-state index contributed by atoms with van der Waals surface area (Å²) in [5, 5.41) is 11.0. The Morgan fingerprint density at radius 1 is 1.29 bits per heavy atom. The highest BCUT2D eigenvalue weighted by molar-refractivity contribution is 7.09. The number of hydrogen-bond acceptors (Lipinski definition) is 4. The molecule has 0 saturated carbocycles. The van der Waals surface area contributed by atoms with Crippen molar-refractivity contribution in [2.45, 2.75) is 12.5 Å². The van der Waals surface area contributed by atoms with Crippen LogP contribution in [0.2, 0.25) is 0 Å². The van der Waals surface area contributed by atoms with Crippen LogP contribution in [0.15, 0.2) is 42.0 Å². The van der Waals surface area contributed by atoms with Crippen molar-refractivity contribution >= 4 is 17.2 Å². The fraction of sp³-hybridized carbons (Fsp3) is 0.200. The van der Waals surface area contributed by atoms with Gasteiger partial charge in [-0.15, -0.1) is 11.3 Å². The smallest absolute Gasteiger partial charge is 0.133 e. The van der Waals surface area contributed by atoms with Crippen molar-refractivity contribution in [1.29, 1.82) is 0 Å². The Kier molecular flexibility index (Phi) is 2.96. The summed E-state index contributed by atoms with van der Waals surface area (Å²) >= 11 is 1.65. The van der Waals surface area contributed by atoms with E-state index in [1.165, 1.54) is 12.1 Å². The van der Waals surface area contributed by atoms with Crippen LogP contribution in [0.3, 0.4) is 0 Å². The van der Waals surface area contributed by atoms with E-state index < -0.39 is 0 Å². The zero-order chi connectivity index (χ0) is 14.2. The fourth-order valence-corrected chi connectivity index (χ4v) is 3.45. The van der Waals surface area contributed by atoms with Gasteiger partial charge in [0.05, 0.1) is 6.20 Å². The van der Waals surface area contributed by atoms with Crippen molar-refractivity contribution < 1.29 is 4.39 Å². The van der Waals surface area contributed by atoms with Crippen LogP contribution in [0, 0.1) is 5.82 Å². The largest absolute Gasteiger partial charge is 0.370 e. The first-order chi connectivity index (χ1) is 10.3. The molecular formula is C15H13FN4S. The van der Waals surface area contributed by atoms with Gasteiger partial charge < -0.3 is 5.32 Å². The molecule has 106 valence electrons. The lowest BCUT2D eigenvalue weighted by molar-refractivity contribution is 0.480. The first-order valence-corrected chi connectivity index (χ1v) is 7.67.